The van der Waals surface area contributed by atoms with Crippen molar-refractivity contribution in [3.8, 4) is 0 Å². The predicted octanol–water partition coefficient (Wildman–Crippen LogP) is 1.97. The van der Waals surface area contributed by atoms with Crippen LogP contribution in [-0.2, 0) is 22.2 Å². The van der Waals surface area contributed by atoms with Crippen LogP contribution in [0.1, 0.15) is 34.5 Å². The van der Waals surface area contributed by atoms with Gasteiger partial charge in [-0.1, -0.05) is 6.07 Å². The van der Waals surface area contributed by atoms with E-state index in [9.17, 15) is 33.0 Å². The zero-order valence-electron chi connectivity index (χ0n) is 15.6. The molecule has 0 unspecified atom stereocenters. The summed E-state index contributed by atoms with van der Waals surface area (Å²) in [5.74, 6) is -1.81. The van der Waals surface area contributed by atoms with Crippen molar-refractivity contribution in [2.75, 3.05) is 13.1 Å². The van der Waals surface area contributed by atoms with Crippen molar-refractivity contribution < 1.29 is 33.0 Å². The highest BCUT2D eigenvalue weighted by atomic mass is 32.1. The second-order valence-electron chi connectivity index (χ2n) is 6.77. The van der Waals surface area contributed by atoms with E-state index in [1.807, 2.05) is 17.5 Å². The van der Waals surface area contributed by atoms with Gasteiger partial charge in [-0.2, -0.15) is 13.2 Å². The Labute approximate surface area is 178 Å². The minimum Gasteiger partial charge on any atom is -0.380 e. The highest BCUT2D eigenvalue weighted by molar-refractivity contribution is 7.10. The van der Waals surface area contributed by atoms with Crippen molar-refractivity contribution in [1.82, 2.24) is 15.2 Å². The first-order chi connectivity index (χ1) is 14.2. The Morgan fingerprint density at radius 1 is 1.30 bits per heavy atom. The number of rotatable bonds is 7. The Hall–Kier alpha value is -2.02. The summed E-state index contributed by atoms with van der Waals surface area (Å²) in [7, 11) is 0. The third-order valence-electron chi connectivity index (χ3n) is 4.70. The Morgan fingerprint density at radius 2 is 2.07 bits per heavy atom. The van der Waals surface area contributed by atoms with E-state index in [2.05, 4.69) is 10.3 Å². The number of likely N-dealkylation sites (tertiary alicyclic amines) is 1. The maximum Gasteiger partial charge on any atom is 0.434 e. The van der Waals surface area contributed by atoms with Gasteiger partial charge in [-0.05, 0) is 30.7 Å². The maximum atomic E-state index is 12.8. The van der Waals surface area contributed by atoms with Crippen LogP contribution in [0.5, 0.6) is 0 Å². The van der Waals surface area contributed by atoms with Crippen molar-refractivity contribution in [3.63, 3.8) is 0 Å². The van der Waals surface area contributed by atoms with Crippen molar-refractivity contribution in [1.29, 1.82) is 0 Å². The standard InChI is InChI=1S/C18H20F3N3O4S2/c19-18(20,21)12-9-30-16(23-12)11-4-1-7-24(11)17(28)14(26)13(25)15(27)22-6-5-10-3-2-8-29-10/h2-3,8-9,11,13-14,25-26H,1,4-7H2,(H,22,27)/t11-,13-,14-/m1/s1. The van der Waals surface area contributed by atoms with E-state index in [-0.39, 0.29) is 18.1 Å². The molecule has 0 spiro atoms. The monoisotopic (exact) mass is 463 g/mol. The molecule has 0 aliphatic carbocycles. The average Bonchev–Trinajstić information content (AvgIpc) is 3.46. The third-order valence-corrected chi connectivity index (χ3v) is 6.59. The van der Waals surface area contributed by atoms with Gasteiger partial charge in [0.15, 0.2) is 17.9 Å². The Balaban J connectivity index is 1.59. The number of thiophene rings is 1. The Kier molecular flexibility index (Phi) is 7.11. The van der Waals surface area contributed by atoms with E-state index in [0.29, 0.717) is 19.3 Å². The molecule has 1 saturated heterocycles. The van der Waals surface area contributed by atoms with E-state index in [4.69, 9.17) is 0 Å². The van der Waals surface area contributed by atoms with Crippen LogP contribution in [0.3, 0.4) is 0 Å². The summed E-state index contributed by atoms with van der Waals surface area (Å²) < 4.78 is 38.4. The van der Waals surface area contributed by atoms with E-state index < -0.39 is 41.9 Å². The van der Waals surface area contributed by atoms with Gasteiger partial charge in [0.1, 0.15) is 5.01 Å². The number of hydrogen-bond donors (Lipinski definition) is 3. The molecule has 0 saturated carbocycles. The molecule has 3 atom stereocenters. The smallest absolute Gasteiger partial charge is 0.380 e. The lowest BCUT2D eigenvalue weighted by atomic mass is 10.1. The van der Waals surface area contributed by atoms with Gasteiger partial charge in [0, 0.05) is 23.3 Å². The number of hydrogen-bond acceptors (Lipinski definition) is 7. The Bertz CT molecular complexity index is 872. The molecule has 3 heterocycles. The summed E-state index contributed by atoms with van der Waals surface area (Å²) in [6.45, 7) is 0.414. The van der Waals surface area contributed by atoms with Crippen molar-refractivity contribution in [3.05, 3.63) is 38.5 Å². The molecular formula is C18H20F3N3O4S2. The summed E-state index contributed by atoms with van der Waals surface area (Å²) in [6, 6.07) is 3.02. The van der Waals surface area contributed by atoms with Crippen LogP contribution < -0.4 is 5.32 Å². The molecule has 3 N–H and O–H groups in total. The number of carbonyl (C=O) groups is 2. The molecule has 2 amide bonds. The number of aliphatic hydroxyl groups is 2. The summed E-state index contributed by atoms with van der Waals surface area (Å²) in [6.07, 6.45) is -7.16. The van der Waals surface area contributed by atoms with Crippen LogP contribution in [0.25, 0.3) is 0 Å². The fourth-order valence-electron chi connectivity index (χ4n) is 3.17. The molecule has 1 fully saturated rings. The third kappa shape index (κ3) is 5.17. The number of nitrogens with one attached hydrogen (secondary N) is 1. The summed E-state index contributed by atoms with van der Waals surface area (Å²) in [5, 5.41) is 25.6. The highest BCUT2D eigenvalue weighted by Gasteiger charge is 2.41. The first-order valence-electron chi connectivity index (χ1n) is 9.18. The van der Waals surface area contributed by atoms with Gasteiger partial charge in [-0.15, -0.1) is 22.7 Å². The van der Waals surface area contributed by atoms with E-state index >= 15 is 0 Å². The molecule has 0 bridgehead atoms. The number of aromatic nitrogens is 1. The zero-order valence-corrected chi connectivity index (χ0v) is 17.3. The van der Waals surface area contributed by atoms with E-state index in [1.165, 1.54) is 16.2 Å². The van der Waals surface area contributed by atoms with Gasteiger partial charge < -0.3 is 20.4 Å². The number of aliphatic hydroxyl groups excluding tert-OH is 2. The topological polar surface area (TPSA) is 103 Å². The number of alkyl halides is 3. The SMILES string of the molecule is O=C(NCCc1cccs1)[C@H](O)[C@@H](O)C(=O)N1CCC[C@@H]1c1nc(C(F)(F)F)cs1. The van der Waals surface area contributed by atoms with Crippen LogP contribution in [0, 0.1) is 0 Å². The first-order valence-corrected chi connectivity index (χ1v) is 10.9. The van der Waals surface area contributed by atoms with Crippen molar-refractivity contribution in [2.45, 2.75) is 43.7 Å². The normalized spacial score (nSPS) is 19.0. The average molecular weight is 464 g/mol. The molecule has 30 heavy (non-hydrogen) atoms. The van der Waals surface area contributed by atoms with Crippen molar-refractivity contribution >= 4 is 34.5 Å². The number of nitrogens with zero attached hydrogens (tertiary/aromatic N) is 2. The minimum absolute atomic E-state index is 0.107. The minimum atomic E-state index is -4.58. The number of halogens is 3. The molecule has 0 radical (unpaired) electrons. The second kappa shape index (κ2) is 9.41. The molecule has 164 valence electrons. The van der Waals surface area contributed by atoms with Crippen LogP contribution in [0.15, 0.2) is 22.9 Å². The Morgan fingerprint density at radius 3 is 2.70 bits per heavy atom. The molecule has 2 aromatic rings. The summed E-state index contributed by atoms with van der Waals surface area (Å²) in [4.78, 5) is 30.5. The maximum absolute atomic E-state index is 12.8. The first kappa shape index (κ1) is 22.7. The second-order valence-corrected chi connectivity index (χ2v) is 8.69. The number of amides is 2. The molecule has 7 nitrogen and oxygen atoms in total. The van der Waals surface area contributed by atoms with Gasteiger partial charge in [0.2, 0.25) is 0 Å². The number of thiazole rings is 1. The summed E-state index contributed by atoms with van der Waals surface area (Å²) >= 11 is 2.30. The lowest BCUT2D eigenvalue weighted by Gasteiger charge is -2.27. The molecule has 3 rings (SSSR count). The van der Waals surface area contributed by atoms with Gasteiger partial charge >= 0.3 is 6.18 Å². The lowest BCUT2D eigenvalue weighted by molar-refractivity contribution is -0.153. The van der Waals surface area contributed by atoms with Crippen LogP contribution in [-0.4, -0.2) is 57.2 Å². The van der Waals surface area contributed by atoms with Crippen LogP contribution in [0.2, 0.25) is 0 Å². The predicted molar refractivity (Wildman–Crippen MR) is 104 cm³/mol. The largest absolute Gasteiger partial charge is 0.434 e. The van der Waals surface area contributed by atoms with Crippen LogP contribution >= 0.6 is 22.7 Å². The van der Waals surface area contributed by atoms with Gasteiger partial charge in [-0.3, -0.25) is 9.59 Å². The molecule has 1 aliphatic heterocycles. The van der Waals surface area contributed by atoms with E-state index in [1.54, 1.807) is 0 Å². The molecular weight excluding hydrogens is 443 g/mol. The van der Waals surface area contributed by atoms with Crippen LogP contribution in [0.4, 0.5) is 13.2 Å². The van der Waals surface area contributed by atoms with E-state index in [0.717, 1.165) is 21.6 Å². The molecule has 0 aromatic carbocycles. The molecule has 2 aromatic heterocycles. The van der Waals surface area contributed by atoms with Gasteiger partial charge in [0.25, 0.3) is 11.8 Å². The molecule has 1 aliphatic rings. The zero-order chi connectivity index (χ0) is 21.9. The lowest BCUT2D eigenvalue weighted by Crippen LogP contribution is -2.50. The summed E-state index contributed by atoms with van der Waals surface area (Å²) in [5.41, 5.74) is -1.03. The van der Waals surface area contributed by atoms with Gasteiger partial charge in [-0.25, -0.2) is 4.98 Å². The fraction of sp³-hybridized carbons (Fsp3) is 0.500. The quantitative estimate of drug-likeness (QED) is 0.583. The fourth-order valence-corrected chi connectivity index (χ4v) is 4.86. The number of carbonyl (C=O) groups excluding carboxylic acids is 2. The molecule has 12 heteroatoms. The van der Waals surface area contributed by atoms with Gasteiger partial charge in [0.05, 0.1) is 6.04 Å². The van der Waals surface area contributed by atoms with Crippen molar-refractivity contribution in [2.24, 2.45) is 0 Å². The highest BCUT2D eigenvalue weighted by Crippen LogP contribution is 2.37.